The monoisotopic (exact) mass is 281 g/mol. The fraction of sp³-hybridized carbons (Fsp3) is 0.308. The molecule has 0 amide bonds. The van der Waals surface area contributed by atoms with Crippen molar-refractivity contribution in [3.63, 3.8) is 0 Å². The first-order valence-corrected chi connectivity index (χ1v) is 5.80. The lowest BCUT2D eigenvalue weighted by molar-refractivity contribution is -0.137. The SMILES string of the molecule is CC(C#N)Cc1nc(-c2cccc(C(F)(F)F)c2)no1. The Balaban J connectivity index is 2.27. The zero-order valence-corrected chi connectivity index (χ0v) is 10.5. The molecule has 1 aromatic carbocycles. The van der Waals surface area contributed by atoms with Crippen molar-refractivity contribution in [3.8, 4) is 17.5 Å². The van der Waals surface area contributed by atoms with Gasteiger partial charge < -0.3 is 4.52 Å². The number of alkyl halides is 3. The molecule has 0 aliphatic rings. The second-order valence-corrected chi connectivity index (χ2v) is 4.32. The van der Waals surface area contributed by atoms with Gasteiger partial charge in [-0.15, -0.1) is 0 Å². The molecule has 0 spiro atoms. The third-order valence-corrected chi connectivity index (χ3v) is 2.62. The normalized spacial score (nSPS) is 12.9. The van der Waals surface area contributed by atoms with Crippen LogP contribution in [0.25, 0.3) is 11.4 Å². The van der Waals surface area contributed by atoms with Crippen molar-refractivity contribution < 1.29 is 17.7 Å². The van der Waals surface area contributed by atoms with E-state index in [-0.39, 0.29) is 29.6 Å². The van der Waals surface area contributed by atoms with E-state index in [4.69, 9.17) is 9.78 Å². The molecule has 4 nitrogen and oxygen atoms in total. The summed E-state index contributed by atoms with van der Waals surface area (Å²) in [4.78, 5) is 4.00. The molecular formula is C13H10F3N3O. The topological polar surface area (TPSA) is 62.7 Å². The van der Waals surface area contributed by atoms with Crippen molar-refractivity contribution in [3.05, 3.63) is 35.7 Å². The lowest BCUT2D eigenvalue weighted by Crippen LogP contribution is -2.04. The predicted molar refractivity (Wildman–Crippen MR) is 63.2 cm³/mol. The minimum atomic E-state index is -4.42. The van der Waals surface area contributed by atoms with Gasteiger partial charge in [0.05, 0.1) is 17.6 Å². The molecule has 0 fully saturated rings. The van der Waals surface area contributed by atoms with Gasteiger partial charge in [-0.3, -0.25) is 0 Å². The van der Waals surface area contributed by atoms with E-state index in [9.17, 15) is 13.2 Å². The maximum Gasteiger partial charge on any atom is 0.416 e. The number of nitriles is 1. The highest BCUT2D eigenvalue weighted by molar-refractivity contribution is 5.55. The highest BCUT2D eigenvalue weighted by Gasteiger charge is 2.30. The summed E-state index contributed by atoms with van der Waals surface area (Å²) >= 11 is 0. The first kappa shape index (κ1) is 14.1. The van der Waals surface area contributed by atoms with Gasteiger partial charge in [0.1, 0.15) is 0 Å². The van der Waals surface area contributed by atoms with E-state index < -0.39 is 11.7 Å². The summed E-state index contributed by atoms with van der Waals surface area (Å²) in [7, 11) is 0. The van der Waals surface area contributed by atoms with Gasteiger partial charge in [0.2, 0.25) is 11.7 Å². The summed E-state index contributed by atoms with van der Waals surface area (Å²) in [6, 6.07) is 6.70. The highest BCUT2D eigenvalue weighted by Crippen LogP contribution is 2.31. The van der Waals surface area contributed by atoms with Crippen LogP contribution in [-0.4, -0.2) is 10.1 Å². The molecule has 7 heteroatoms. The van der Waals surface area contributed by atoms with Crippen LogP contribution in [0, 0.1) is 17.2 Å². The number of hydrogen-bond acceptors (Lipinski definition) is 4. The average molecular weight is 281 g/mol. The molecule has 1 aromatic heterocycles. The van der Waals surface area contributed by atoms with E-state index in [0.29, 0.717) is 0 Å². The van der Waals surface area contributed by atoms with Crippen molar-refractivity contribution in [2.45, 2.75) is 19.5 Å². The predicted octanol–water partition coefficient (Wildman–Crippen LogP) is 3.46. The van der Waals surface area contributed by atoms with E-state index in [0.717, 1.165) is 12.1 Å². The maximum absolute atomic E-state index is 12.6. The Kier molecular flexibility index (Phi) is 3.74. The standard InChI is InChI=1S/C13H10F3N3O/c1-8(7-17)5-11-18-12(19-20-11)9-3-2-4-10(6-9)13(14,15)16/h2-4,6,8H,5H2,1H3. The zero-order valence-electron chi connectivity index (χ0n) is 10.5. The molecule has 1 atom stereocenters. The molecule has 1 heterocycles. The molecular weight excluding hydrogens is 271 g/mol. The summed E-state index contributed by atoms with van der Waals surface area (Å²) in [5.74, 6) is 0.00695. The minimum Gasteiger partial charge on any atom is -0.339 e. The van der Waals surface area contributed by atoms with E-state index in [1.165, 1.54) is 12.1 Å². The largest absolute Gasteiger partial charge is 0.416 e. The highest BCUT2D eigenvalue weighted by atomic mass is 19.4. The van der Waals surface area contributed by atoms with Gasteiger partial charge >= 0.3 is 6.18 Å². The summed E-state index contributed by atoms with van der Waals surface area (Å²) in [6.45, 7) is 1.69. The second kappa shape index (κ2) is 5.33. The van der Waals surface area contributed by atoms with Gasteiger partial charge in [0.15, 0.2) is 0 Å². The molecule has 0 N–H and O–H groups in total. The van der Waals surface area contributed by atoms with Gasteiger partial charge in [-0.25, -0.2) is 0 Å². The van der Waals surface area contributed by atoms with Gasteiger partial charge in [-0.05, 0) is 19.1 Å². The van der Waals surface area contributed by atoms with Crippen LogP contribution in [0.2, 0.25) is 0 Å². The lowest BCUT2D eigenvalue weighted by Gasteiger charge is -2.06. The van der Waals surface area contributed by atoms with Crippen molar-refractivity contribution >= 4 is 0 Å². The van der Waals surface area contributed by atoms with Crippen molar-refractivity contribution in [2.75, 3.05) is 0 Å². The Hall–Kier alpha value is -2.36. The van der Waals surface area contributed by atoms with E-state index in [2.05, 4.69) is 10.1 Å². The van der Waals surface area contributed by atoms with Gasteiger partial charge in [-0.2, -0.15) is 23.4 Å². The fourth-order valence-electron chi connectivity index (χ4n) is 1.60. The van der Waals surface area contributed by atoms with Crippen LogP contribution in [0.5, 0.6) is 0 Å². The van der Waals surface area contributed by atoms with Crippen LogP contribution >= 0.6 is 0 Å². The van der Waals surface area contributed by atoms with Crippen LogP contribution in [0.4, 0.5) is 13.2 Å². The summed E-state index contributed by atoms with van der Waals surface area (Å²) in [5, 5.41) is 12.3. The van der Waals surface area contributed by atoms with Gasteiger partial charge in [-0.1, -0.05) is 17.3 Å². The molecule has 0 radical (unpaired) electrons. The quantitative estimate of drug-likeness (QED) is 0.864. The minimum absolute atomic E-state index is 0.0799. The summed E-state index contributed by atoms with van der Waals surface area (Å²) < 4.78 is 42.7. The maximum atomic E-state index is 12.6. The van der Waals surface area contributed by atoms with Crippen molar-refractivity contribution in [2.24, 2.45) is 5.92 Å². The van der Waals surface area contributed by atoms with Crippen LogP contribution in [0.1, 0.15) is 18.4 Å². The van der Waals surface area contributed by atoms with Crippen LogP contribution < -0.4 is 0 Å². The third kappa shape index (κ3) is 3.15. The Bertz CT molecular complexity index is 643. The molecule has 1 unspecified atom stereocenters. The summed E-state index contributed by atoms with van der Waals surface area (Å²) in [5.41, 5.74) is -0.550. The molecule has 0 aliphatic carbocycles. The number of rotatable bonds is 3. The average Bonchev–Trinajstić information content (AvgIpc) is 2.86. The zero-order chi connectivity index (χ0) is 14.8. The fourth-order valence-corrected chi connectivity index (χ4v) is 1.60. The first-order valence-electron chi connectivity index (χ1n) is 5.80. The first-order chi connectivity index (χ1) is 9.40. The molecule has 2 aromatic rings. The van der Waals surface area contributed by atoms with Gasteiger partial charge in [0, 0.05) is 12.0 Å². The number of halogens is 3. The number of hydrogen-bond donors (Lipinski definition) is 0. The molecule has 0 saturated heterocycles. The Labute approximate surface area is 112 Å². The molecule has 0 saturated carbocycles. The van der Waals surface area contributed by atoms with E-state index in [1.807, 2.05) is 6.07 Å². The van der Waals surface area contributed by atoms with E-state index in [1.54, 1.807) is 6.92 Å². The molecule has 104 valence electrons. The lowest BCUT2D eigenvalue weighted by atomic mass is 10.1. The molecule has 2 rings (SSSR count). The van der Waals surface area contributed by atoms with Gasteiger partial charge in [0.25, 0.3) is 0 Å². The summed E-state index contributed by atoms with van der Waals surface area (Å²) in [6.07, 6.45) is -4.15. The third-order valence-electron chi connectivity index (χ3n) is 2.62. The number of benzene rings is 1. The molecule has 0 bridgehead atoms. The Morgan fingerprint density at radius 1 is 1.40 bits per heavy atom. The van der Waals surface area contributed by atoms with E-state index >= 15 is 0 Å². The van der Waals surface area contributed by atoms with Crippen LogP contribution in [0.3, 0.4) is 0 Å². The molecule has 0 aliphatic heterocycles. The van der Waals surface area contributed by atoms with Crippen LogP contribution in [-0.2, 0) is 12.6 Å². The van der Waals surface area contributed by atoms with Crippen LogP contribution in [0.15, 0.2) is 28.8 Å². The Morgan fingerprint density at radius 3 is 2.80 bits per heavy atom. The second-order valence-electron chi connectivity index (χ2n) is 4.32. The molecule has 20 heavy (non-hydrogen) atoms. The number of nitrogens with zero attached hydrogens (tertiary/aromatic N) is 3. The number of aromatic nitrogens is 2. The smallest absolute Gasteiger partial charge is 0.339 e. The van der Waals surface area contributed by atoms with Crippen molar-refractivity contribution in [1.82, 2.24) is 10.1 Å². The Morgan fingerprint density at radius 2 is 2.15 bits per heavy atom. The van der Waals surface area contributed by atoms with Crippen molar-refractivity contribution in [1.29, 1.82) is 5.26 Å².